The van der Waals surface area contributed by atoms with Crippen LogP contribution in [0.15, 0.2) is 60.9 Å². The zero-order valence-corrected chi connectivity index (χ0v) is 14.9. The number of fused-ring (bicyclic) bond motifs is 1. The van der Waals surface area contributed by atoms with Crippen molar-refractivity contribution in [3.8, 4) is 11.1 Å². The molecule has 0 unspecified atom stereocenters. The number of benzene rings is 1. The minimum absolute atomic E-state index is 0.0771. The number of rotatable bonds is 5. The summed E-state index contributed by atoms with van der Waals surface area (Å²) in [6.45, 7) is 0.540. The molecule has 0 fully saturated rings. The number of hydrogen-bond donors (Lipinski definition) is 3. The Morgan fingerprint density at radius 2 is 2.07 bits per heavy atom. The summed E-state index contributed by atoms with van der Waals surface area (Å²) in [5, 5.41) is 13.6. The number of halogens is 1. The molecule has 1 aromatic carbocycles. The highest BCUT2D eigenvalue weighted by atomic mass is 35.5. The lowest BCUT2D eigenvalue weighted by molar-refractivity contribution is 0.0697. The van der Waals surface area contributed by atoms with Crippen LogP contribution in [-0.4, -0.2) is 26.0 Å². The molecule has 0 aliphatic rings. The second-order valence-corrected chi connectivity index (χ2v) is 6.38. The van der Waals surface area contributed by atoms with Gasteiger partial charge in [0.05, 0.1) is 22.8 Å². The van der Waals surface area contributed by atoms with E-state index in [4.69, 9.17) is 11.6 Å². The van der Waals surface area contributed by atoms with Gasteiger partial charge in [0.1, 0.15) is 11.5 Å². The summed E-state index contributed by atoms with van der Waals surface area (Å²) in [5.74, 6) is -0.366. The van der Waals surface area contributed by atoms with Crippen LogP contribution in [0.4, 0.5) is 5.82 Å². The van der Waals surface area contributed by atoms with Crippen molar-refractivity contribution in [2.24, 2.45) is 0 Å². The van der Waals surface area contributed by atoms with Crippen molar-refractivity contribution in [1.29, 1.82) is 0 Å². The highest BCUT2D eigenvalue weighted by Gasteiger charge is 2.13. The number of carboxylic acids is 1. The van der Waals surface area contributed by atoms with E-state index >= 15 is 0 Å². The maximum Gasteiger partial charge on any atom is 0.337 e. The molecule has 4 aromatic rings. The fraction of sp³-hybridized carbons (Fsp3) is 0.0500. The topological polar surface area (TPSA) is 90.9 Å². The Labute approximate surface area is 159 Å². The van der Waals surface area contributed by atoms with Gasteiger partial charge in [0.25, 0.3) is 0 Å². The van der Waals surface area contributed by atoms with Crippen LogP contribution in [-0.2, 0) is 6.54 Å². The molecule has 3 aromatic heterocycles. The van der Waals surface area contributed by atoms with E-state index in [-0.39, 0.29) is 10.6 Å². The summed E-state index contributed by atoms with van der Waals surface area (Å²) in [4.78, 5) is 23.2. The first kappa shape index (κ1) is 17.1. The molecular weight excluding hydrogens is 364 g/mol. The average Bonchev–Trinajstić information content (AvgIpc) is 3.14. The molecule has 7 heteroatoms. The van der Waals surface area contributed by atoms with Crippen molar-refractivity contribution in [3.63, 3.8) is 0 Å². The van der Waals surface area contributed by atoms with E-state index in [1.165, 1.54) is 6.07 Å². The number of aromatic carboxylic acids is 1. The van der Waals surface area contributed by atoms with Crippen molar-refractivity contribution in [1.82, 2.24) is 15.0 Å². The zero-order chi connectivity index (χ0) is 18.8. The monoisotopic (exact) mass is 378 g/mol. The SMILES string of the molecule is O=C(O)c1ccc(-c2cc(NCc3ccccn3)nc3[nH]ccc23)cc1Cl. The van der Waals surface area contributed by atoms with Crippen molar-refractivity contribution < 1.29 is 9.90 Å². The molecule has 3 heterocycles. The van der Waals surface area contributed by atoms with Gasteiger partial charge in [-0.2, -0.15) is 0 Å². The van der Waals surface area contributed by atoms with E-state index in [1.807, 2.05) is 36.5 Å². The molecule has 0 saturated heterocycles. The van der Waals surface area contributed by atoms with E-state index < -0.39 is 5.97 Å². The smallest absolute Gasteiger partial charge is 0.337 e. The second-order valence-electron chi connectivity index (χ2n) is 5.97. The maximum absolute atomic E-state index is 11.2. The number of carboxylic acid groups (broad SMARTS) is 1. The summed E-state index contributed by atoms with van der Waals surface area (Å²) < 4.78 is 0. The quantitative estimate of drug-likeness (QED) is 0.472. The zero-order valence-electron chi connectivity index (χ0n) is 14.1. The Kier molecular flexibility index (Phi) is 4.48. The van der Waals surface area contributed by atoms with E-state index in [0.717, 1.165) is 27.9 Å². The van der Waals surface area contributed by atoms with Gasteiger partial charge in [0.2, 0.25) is 0 Å². The Morgan fingerprint density at radius 1 is 1.19 bits per heavy atom. The van der Waals surface area contributed by atoms with Gasteiger partial charge in [0, 0.05) is 17.8 Å². The summed E-state index contributed by atoms with van der Waals surface area (Å²) in [5.41, 5.74) is 3.44. The van der Waals surface area contributed by atoms with Crippen LogP contribution in [0.1, 0.15) is 16.1 Å². The molecule has 3 N–H and O–H groups in total. The molecule has 0 saturated carbocycles. The number of aromatic amines is 1. The Bertz CT molecular complexity index is 1130. The summed E-state index contributed by atoms with van der Waals surface area (Å²) in [7, 11) is 0. The van der Waals surface area contributed by atoms with E-state index in [2.05, 4.69) is 20.3 Å². The lowest BCUT2D eigenvalue weighted by Crippen LogP contribution is -2.03. The summed E-state index contributed by atoms with van der Waals surface area (Å²) in [6, 6.07) is 14.5. The van der Waals surface area contributed by atoms with Gasteiger partial charge < -0.3 is 15.4 Å². The second kappa shape index (κ2) is 7.09. The van der Waals surface area contributed by atoms with E-state index in [9.17, 15) is 9.90 Å². The van der Waals surface area contributed by atoms with Crippen LogP contribution in [0, 0.1) is 0 Å². The molecule has 0 amide bonds. The van der Waals surface area contributed by atoms with Gasteiger partial charge in [-0.3, -0.25) is 4.98 Å². The molecule has 6 nitrogen and oxygen atoms in total. The van der Waals surface area contributed by atoms with Crippen LogP contribution >= 0.6 is 11.6 Å². The Morgan fingerprint density at radius 3 is 2.81 bits per heavy atom. The van der Waals surface area contributed by atoms with Crippen molar-refractivity contribution >= 4 is 34.4 Å². The third-order valence-electron chi connectivity index (χ3n) is 4.22. The Balaban J connectivity index is 1.73. The van der Waals surface area contributed by atoms with Gasteiger partial charge in [-0.1, -0.05) is 23.7 Å². The first-order chi connectivity index (χ1) is 13.1. The fourth-order valence-electron chi connectivity index (χ4n) is 2.91. The number of pyridine rings is 2. The lowest BCUT2D eigenvalue weighted by atomic mass is 10.0. The largest absolute Gasteiger partial charge is 0.478 e. The fourth-order valence-corrected chi connectivity index (χ4v) is 3.17. The number of nitrogens with zero attached hydrogens (tertiary/aromatic N) is 2. The molecule has 0 aliphatic heterocycles. The predicted octanol–water partition coefficient (Wildman–Crippen LogP) is 4.59. The molecule has 0 bridgehead atoms. The number of H-pyrrole nitrogens is 1. The normalized spacial score (nSPS) is 10.9. The number of carbonyl (C=O) groups is 1. The van der Waals surface area contributed by atoms with Gasteiger partial charge in [-0.25, -0.2) is 9.78 Å². The molecule has 27 heavy (non-hydrogen) atoms. The summed E-state index contributed by atoms with van der Waals surface area (Å²) >= 11 is 6.15. The molecule has 4 rings (SSSR count). The third kappa shape index (κ3) is 3.47. The number of nitrogens with one attached hydrogen (secondary N) is 2. The van der Waals surface area contributed by atoms with E-state index in [0.29, 0.717) is 12.4 Å². The number of hydrogen-bond acceptors (Lipinski definition) is 4. The van der Waals surface area contributed by atoms with Crippen molar-refractivity contribution in [2.75, 3.05) is 5.32 Å². The molecule has 0 radical (unpaired) electrons. The first-order valence-corrected chi connectivity index (χ1v) is 8.65. The Hall–Kier alpha value is -3.38. The minimum Gasteiger partial charge on any atom is -0.478 e. The van der Waals surface area contributed by atoms with Crippen LogP contribution in [0.3, 0.4) is 0 Å². The third-order valence-corrected chi connectivity index (χ3v) is 4.53. The van der Waals surface area contributed by atoms with Gasteiger partial charge in [0.15, 0.2) is 0 Å². The maximum atomic E-state index is 11.2. The van der Waals surface area contributed by atoms with E-state index in [1.54, 1.807) is 18.3 Å². The minimum atomic E-state index is -1.05. The molecule has 134 valence electrons. The highest BCUT2D eigenvalue weighted by molar-refractivity contribution is 6.33. The number of aromatic nitrogens is 3. The number of anilines is 1. The molecular formula is C20H15ClN4O2. The molecule has 0 aliphatic carbocycles. The van der Waals surface area contributed by atoms with Crippen molar-refractivity contribution in [2.45, 2.75) is 6.54 Å². The summed E-state index contributed by atoms with van der Waals surface area (Å²) in [6.07, 6.45) is 3.56. The lowest BCUT2D eigenvalue weighted by Gasteiger charge is -2.10. The average molecular weight is 379 g/mol. The van der Waals surface area contributed by atoms with Crippen LogP contribution in [0.2, 0.25) is 5.02 Å². The van der Waals surface area contributed by atoms with Crippen LogP contribution in [0.5, 0.6) is 0 Å². The van der Waals surface area contributed by atoms with Crippen LogP contribution < -0.4 is 5.32 Å². The van der Waals surface area contributed by atoms with Crippen molar-refractivity contribution in [3.05, 3.63) is 77.2 Å². The highest BCUT2D eigenvalue weighted by Crippen LogP contribution is 2.32. The van der Waals surface area contributed by atoms with Gasteiger partial charge >= 0.3 is 5.97 Å². The first-order valence-electron chi connectivity index (χ1n) is 8.27. The molecule has 0 atom stereocenters. The van der Waals surface area contributed by atoms with Crippen LogP contribution in [0.25, 0.3) is 22.2 Å². The predicted molar refractivity (Wildman–Crippen MR) is 105 cm³/mol. The van der Waals surface area contributed by atoms with Gasteiger partial charge in [-0.15, -0.1) is 0 Å². The van der Waals surface area contributed by atoms with Gasteiger partial charge in [-0.05, 0) is 47.5 Å². The molecule has 0 spiro atoms. The standard InChI is InChI=1S/C20H15ClN4O2/c21-17-9-12(4-5-15(17)20(26)27)16-10-18(25-19-14(16)6-8-23-19)24-11-13-3-1-2-7-22-13/h1-10H,11H2,(H,26,27)(H2,23,24,25).